The number of benzene rings is 2. The maximum atomic E-state index is 5.92. The van der Waals surface area contributed by atoms with Gasteiger partial charge < -0.3 is 15.5 Å². The number of rotatable bonds is 6. The fourth-order valence-corrected chi connectivity index (χ4v) is 2.60. The van der Waals surface area contributed by atoms with Gasteiger partial charge in [0.15, 0.2) is 0 Å². The zero-order valence-electron chi connectivity index (χ0n) is 13.9. The molecule has 0 unspecified atom stereocenters. The second-order valence-electron chi connectivity index (χ2n) is 5.93. The minimum atomic E-state index is 0.723. The molecule has 4 nitrogen and oxygen atoms in total. The molecule has 0 radical (unpaired) electrons. The molecule has 3 aromatic rings. The van der Waals surface area contributed by atoms with Gasteiger partial charge >= 0.3 is 0 Å². The number of anilines is 3. The third kappa shape index (κ3) is 4.16. The first-order valence-corrected chi connectivity index (χ1v) is 8.30. The second kappa shape index (κ2) is 7.51. The predicted molar refractivity (Wildman–Crippen MR) is 104 cm³/mol. The van der Waals surface area contributed by atoms with Gasteiger partial charge in [-0.3, -0.25) is 0 Å². The summed E-state index contributed by atoms with van der Waals surface area (Å²) in [5.74, 6) is 0.815. The first-order valence-electron chi connectivity index (χ1n) is 7.93. The molecule has 124 valence electrons. The van der Waals surface area contributed by atoms with Crippen molar-refractivity contribution < 1.29 is 0 Å². The topological polar surface area (TPSA) is 40.2 Å². The zero-order chi connectivity index (χ0) is 16.9. The Morgan fingerprint density at radius 3 is 2.54 bits per heavy atom. The van der Waals surface area contributed by atoms with Crippen molar-refractivity contribution in [3.05, 3.63) is 59.6 Å². The van der Waals surface area contributed by atoms with Crippen LogP contribution in [0.5, 0.6) is 0 Å². The van der Waals surface area contributed by atoms with Crippen LogP contribution < -0.4 is 10.6 Å². The van der Waals surface area contributed by atoms with Crippen molar-refractivity contribution in [3.63, 3.8) is 0 Å². The molecule has 0 saturated heterocycles. The number of hydrogen-bond donors (Lipinski definition) is 2. The fourth-order valence-electron chi connectivity index (χ4n) is 2.47. The number of hydrogen-bond acceptors (Lipinski definition) is 4. The van der Waals surface area contributed by atoms with Gasteiger partial charge in [0, 0.05) is 34.9 Å². The van der Waals surface area contributed by atoms with Gasteiger partial charge in [0.2, 0.25) is 0 Å². The summed E-state index contributed by atoms with van der Waals surface area (Å²) >= 11 is 5.92. The number of nitrogens with zero attached hydrogens (tertiary/aromatic N) is 2. The van der Waals surface area contributed by atoms with Crippen molar-refractivity contribution in [2.24, 2.45) is 0 Å². The molecule has 0 bridgehead atoms. The van der Waals surface area contributed by atoms with E-state index in [1.807, 2.05) is 42.5 Å². The van der Waals surface area contributed by atoms with Crippen LogP contribution in [0.15, 0.2) is 54.6 Å². The van der Waals surface area contributed by atoms with Crippen molar-refractivity contribution in [2.75, 3.05) is 37.8 Å². The van der Waals surface area contributed by atoms with Crippen molar-refractivity contribution >= 4 is 39.7 Å². The van der Waals surface area contributed by atoms with E-state index in [0.717, 1.165) is 46.2 Å². The second-order valence-corrected chi connectivity index (χ2v) is 6.37. The van der Waals surface area contributed by atoms with E-state index in [1.54, 1.807) is 0 Å². The Hall–Kier alpha value is -2.30. The standard InChI is InChI=1S/C19H21ClN4/c1-24(2)13-12-21-17-4-3-5-18-16(17)10-11-19(23-18)22-15-8-6-14(20)7-9-15/h3-11,21H,12-13H2,1-2H3,(H,22,23). The number of fused-ring (bicyclic) bond motifs is 1. The fraction of sp³-hybridized carbons (Fsp3) is 0.211. The molecule has 1 aromatic heterocycles. The van der Waals surface area contributed by atoms with Gasteiger partial charge in [0.05, 0.1) is 5.52 Å². The third-order valence-corrected chi connectivity index (χ3v) is 3.97. The van der Waals surface area contributed by atoms with E-state index in [1.165, 1.54) is 0 Å². The highest BCUT2D eigenvalue weighted by atomic mass is 35.5. The lowest BCUT2D eigenvalue weighted by molar-refractivity contribution is 0.425. The smallest absolute Gasteiger partial charge is 0.131 e. The highest BCUT2D eigenvalue weighted by Crippen LogP contribution is 2.25. The predicted octanol–water partition coefficient (Wildman–Crippen LogP) is 4.61. The van der Waals surface area contributed by atoms with Crippen LogP contribution in [-0.2, 0) is 0 Å². The SMILES string of the molecule is CN(C)CCNc1cccc2nc(Nc3ccc(Cl)cc3)ccc12. The molecule has 1 heterocycles. The monoisotopic (exact) mass is 340 g/mol. The van der Waals surface area contributed by atoms with Gasteiger partial charge in [-0.2, -0.15) is 0 Å². The number of aromatic nitrogens is 1. The van der Waals surface area contributed by atoms with Crippen LogP contribution >= 0.6 is 11.6 Å². The largest absolute Gasteiger partial charge is 0.383 e. The summed E-state index contributed by atoms with van der Waals surface area (Å²) in [7, 11) is 4.14. The molecule has 3 rings (SSSR count). The minimum absolute atomic E-state index is 0.723. The summed E-state index contributed by atoms with van der Waals surface area (Å²) in [6.45, 7) is 1.89. The summed E-state index contributed by atoms with van der Waals surface area (Å²) in [5, 5.41) is 8.63. The number of halogens is 1. The lowest BCUT2D eigenvalue weighted by Crippen LogP contribution is -2.20. The zero-order valence-corrected chi connectivity index (χ0v) is 14.6. The first-order chi connectivity index (χ1) is 11.6. The van der Waals surface area contributed by atoms with Crippen molar-refractivity contribution in [2.45, 2.75) is 0 Å². The molecule has 0 aliphatic rings. The molecule has 5 heteroatoms. The van der Waals surface area contributed by atoms with E-state index in [2.05, 4.69) is 41.8 Å². The van der Waals surface area contributed by atoms with Gasteiger partial charge in [-0.25, -0.2) is 4.98 Å². The van der Waals surface area contributed by atoms with Gasteiger partial charge in [-0.05, 0) is 62.6 Å². The highest BCUT2D eigenvalue weighted by Gasteiger charge is 2.04. The van der Waals surface area contributed by atoms with Crippen LogP contribution in [0.1, 0.15) is 0 Å². The molecule has 0 aliphatic heterocycles. The average Bonchev–Trinajstić information content (AvgIpc) is 2.57. The third-order valence-electron chi connectivity index (χ3n) is 3.72. The molecular formula is C19H21ClN4. The molecular weight excluding hydrogens is 320 g/mol. The molecule has 0 spiro atoms. The average molecular weight is 341 g/mol. The summed E-state index contributed by atoms with van der Waals surface area (Å²) < 4.78 is 0. The maximum absolute atomic E-state index is 5.92. The normalized spacial score (nSPS) is 11.0. The number of nitrogens with one attached hydrogen (secondary N) is 2. The van der Waals surface area contributed by atoms with Crippen molar-refractivity contribution in [1.29, 1.82) is 0 Å². The van der Waals surface area contributed by atoms with E-state index in [4.69, 9.17) is 16.6 Å². The quantitative estimate of drug-likeness (QED) is 0.687. The molecule has 2 N–H and O–H groups in total. The Morgan fingerprint density at radius 2 is 1.79 bits per heavy atom. The number of pyridine rings is 1. The highest BCUT2D eigenvalue weighted by molar-refractivity contribution is 6.30. The first kappa shape index (κ1) is 16.6. The van der Waals surface area contributed by atoms with Crippen molar-refractivity contribution in [1.82, 2.24) is 9.88 Å². The molecule has 24 heavy (non-hydrogen) atoms. The number of likely N-dealkylation sites (N-methyl/N-ethyl adjacent to an activating group) is 1. The van der Waals surface area contributed by atoms with Gasteiger partial charge in [-0.15, -0.1) is 0 Å². The van der Waals surface area contributed by atoms with Crippen LogP contribution in [-0.4, -0.2) is 37.1 Å². The van der Waals surface area contributed by atoms with Gasteiger partial charge in [0.1, 0.15) is 5.82 Å². The Balaban J connectivity index is 1.79. The lowest BCUT2D eigenvalue weighted by atomic mass is 10.1. The minimum Gasteiger partial charge on any atom is -0.383 e. The van der Waals surface area contributed by atoms with Crippen LogP contribution in [0.2, 0.25) is 5.02 Å². The van der Waals surface area contributed by atoms with Gasteiger partial charge in [0.25, 0.3) is 0 Å². The summed E-state index contributed by atoms with van der Waals surface area (Å²) in [4.78, 5) is 6.86. The Bertz CT molecular complexity index is 815. The van der Waals surface area contributed by atoms with Crippen molar-refractivity contribution in [3.8, 4) is 0 Å². The van der Waals surface area contributed by atoms with E-state index >= 15 is 0 Å². The molecule has 2 aromatic carbocycles. The van der Waals surface area contributed by atoms with Crippen LogP contribution in [0.25, 0.3) is 10.9 Å². The Kier molecular flexibility index (Phi) is 5.18. The Labute approximate surface area is 147 Å². The Morgan fingerprint density at radius 1 is 1.00 bits per heavy atom. The summed E-state index contributed by atoms with van der Waals surface area (Å²) in [6, 6.07) is 17.8. The van der Waals surface area contributed by atoms with E-state index in [-0.39, 0.29) is 0 Å². The summed E-state index contributed by atoms with van der Waals surface area (Å²) in [5.41, 5.74) is 3.04. The maximum Gasteiger partial charge on any atom is 0.131 e. The van der Waals surface area contributed by atoms with Gasteiger partial charge in [-0.1, -0.05) is 17.7 Å². The molecule has 0 atom stereocenters. The molecule has 0 aliphatic carbocycles. The summed E-state index contributed by atoms with van der Waals surface area (Å²) in [6.07, 6.45) is 0. The van der Waals surface area contributed by atoms with Crippen LogP contribution in [0, 0.1) is 0 Å². The molecule has 0 fully saturated rings. The van der Waals surface area contributed by atoms with Crippen LogP contribution in [0.3, 0.4) is 0 Å². The van der Waals surface area contributed by atoms with E-state index in [9.17, 15) is 0 Å². The van der Waals surface area contributed by atoms with E-state index < -0.39 is 0 Å². The molecule has 0 saturated carbocycles. The van der Waals surface area contributed by atoms with Crippen LogP contribution in [0.4, 0.5) is 17.2 Å². The van der Waals surface area contributed by atoms with E-state index in [0.29, 0.717) is 0 Å². The molecule has 0 amide bonds. The lowest BCUT2D eigenvalue weighted by Gasteiger charge is -2.13.